The molecule has 0 bridgehead atoms. The number of alkyl halides is 2. The van der Waals surface area contributed by atoms with Gasteiger partial charge in [-0.05, 0) is 44.3 Å². The van der Waals surface area contributed by atoms with E-state index in [0.29, 0.717) is 23.2 Å². The van der Waals surface area contributed by atoms with E-state index in [0.717, 1.165) is 31.0 Å². The summed E-state index contributed by atoms with van der Waals surface area (Å²) in [4.78, 5) is 6.83. The van der Waals surface area contributed by atoms with Gasteiger partial charge in [-0.3, -0.25) is 9.29 Å². The topological polar surface area (TPSA) is 61.5 Å². The molecular formula is C21H23ClF2N6OS. The molecule has 1 aliphatic heterocycles. The van der Waals surface area contributed by atoms with E-state index in [1.807, 2.05) is 30.3 Å². The summed E-state index contributed by atoms with van der Waals surface area (Å²) >= 11 is 7.89. The Morgan fingerprint density at radius 1 is 1.25 bits per heavy atom. The molecule has 1 atom stereocenters. The van der Waals surface area contributed by atoms with Gasteiger partial charge in [-0.1, -0.05) is 17.7 Å². The average Bonchev–Trinajstić information content (AvgIpc) is 3.27. The fourth-order valence-corrected chi connectivity index (χ4v) is 4.57. The number of pyridine rings is 1. The van der Waals surface area contributed by atoms with E-state index in [1.54, 1.807) is 24.4 Å². The Morgan fingerprint density at radius 2 is 2.09 bits per heavy atom. The molecule has 3 aromatic rings. The van der Waals surface area contributed by atoms with Crippen molar-refractivity contribution in [1.82, 2.24) is 24.4 Å². The number of piperazine rings is 1. The number of likely N-dealkylation sites (N-methyl/N-ethyl adjacent to an activating group) is 1. The van der Waals surface area contributed by atoms with E-state index >= 15 is 0 Å². The number of benzene rings is 1. The number of halogens is 3. The lowest BCUT2D eigenvalue weighted by Crippen LogP contribution is -2.48. The molecule has 0 radical (unpaired) electrons. The summed E-state index contributed by atoms with van der Waals surface area (Å²) in [5.41, 5.74) is 2.26. The Hall–Kier alpha value is -2.27. The van der Waals surface area contributed by atoms with Crippen molar-refractivity contribution >= 4 is 29.4 Å². The van der Waals surface area contributed by atoms with Gasteiger partial charge in [0, 0.05) is 49.0 Å². The molecule has 0 saturated carbocycles. The first-order chi connectivity index (χ1) is 15.4. The largest absolute Gasteiger partial charge is 0.415 e. The minimum absolute atomic E-state index is 0.0202. The molecule has 1 aliphatic rings. The molecule has 32 heavy (non-hydrogen) atoms. The van der Waals surface area contributed by atoms with E-state index in [-0.39, 0.29) is 5.89 Å². The van der Waals surface area contributed by atoms with Crippen LogP contribution in [0.1, 0.15) is 24.9 Å². The molecule has 3 heterocycles. The van der Waals surface area contributed by atoms with Crippen molar-refractivity contribution in [2.24, 2.45) is 0 Å². The van der Waals surface area contributed by atoms with Gasteiger partial charge in [0.15, 0.2) is 0 Å². The van der Waals surface area contributed by atoms with Crippen molar-refractivity contribution in [3.8, 4) is 11.5 Å². The van der Waals surface area contributed by atoms with E-state index in [1.165, 1.54) is 0 Å². The minimum Gasteiger partial charge on any atom is -0.415 e. The third-order valence-electron chi connectivity index (χ3n) is 5.24. The fraction of sp³-hybridized carbons (Fsp3) is 0.381. The number of hydrogen-bond acceptors (Lipinski definition) is 8. The number of nitrogens with zero attached hydrogens (tertiary/aromatic N) is 6. The predicted octanol–water partition coefficient (Wildman–Crippen LogP) is 4.93. The lowest BCUT2D eigenvalue weighted by atomic mass is 10.2. The summed E-state index contributed by atoms with van der Waals surface area (Å²) in [6.45, 7) is 5.62. The maximum atomic E-state index is 12.7. The van der Waals surface area contributed by atoms with Crippen molar-refractivity contribution in [1.29, 1.82) is 0 Å². The number of anilines is 1. The highest BCUT2D eigenvalue weighted by molar-refractivity contribution is 7.98. The molecule has 2 aromatic heterocycles. The molecule has 1 saturated heterocycles. The van der Waals surface area contributed by atoms with Gasteiger partial charge in [-0.15, -0.1) is 10.2 Å². The molecule has 7 nitrogen and oxygen atoms in total. The Morgan fingerprint density at radius 3 is 2.75 bits per heavy atom. The highest BCUT2D eigenvalue weighted by Gasteiger charge is 2.24. The first kappa shape index (κ1) is 22.9. The normalized spacial score (nSPS) is 17.8. The number of hydrogen-bond donors (Lipinski definition) is 0. The zero-order valence-electron chi connectivity index (χ0n) is 17.7. The Balaban J connectivity index is 1.51. The van der Waals surface area contributed by atoms with Gasteiger partial charge in [0.2, 0.25) is 5.89 Å². The molecule has 0 amide bonds. The Bertz CT molecular complexity index is 1040. The lowest BCUT2D eigenvalue weighted by molar-refractivity contribution is 0.116. The van der Waals surface area contributed by atoms with Crippen molar-refractivity contribution in [2.75, 3.05) is 31.0 Å². The smallest absolute Gasteiger partial charge is 0.314 e. The maximum absolute atomic E-state index is 12.7. The van der Waals surface area contributed by atoms with Gasteiger partial charge >= 0.3 is 6.43 Å². The van der Waals surface area contributed by atoms with Crippen LogP contribution in [0.25, 0.3) is 11.5 Å². The molecule has 1 fully saturated rings. The summed E-state index contributed by atoms with van der Waals surface area (Å²) in [6.07, 6.45) is -1.25. The van der Waals surface area contributed by atoms with Crippen LogP contribution in [0, 0.1) is 0 Å². The summed E-state index contributed by atoms with van der Waals surface area (Å²) in [6, 6.07) is 11.7. The Kier molecular flexibility index (Phi) is 7.24. The van der Waals surface area contributed by atoms with Crippen LogP contribution in [0.2, 0.25) is 5.02 Å². The van der Waals surface area contributed by atoms with Gasteiger partial charge in [0.25, 0.3) is 5.89 Å². The quantitative estimate of drug-likeness (QED) is 0.441. The van der Waals surface area contributed by atoms with Crippen LogP contribution >= 0.6 is 23.7 Å². The van der Waals surface area contributed by atoms with Crippen LogP contribution < -0.4 is 4.31 Å². The molecule has 0 spiro atoms. The summed E-state index contributed by atoms with van der Waals surface area (Å²) in [7, 11) is 2.14. The second-order valence-electron chi connectivity index (χ2n) is 7.60. The third kappa shape index (κ3) is 5.55. The highest BCUT2D eigenvalue weighted by atomic mass is 35.5. The van der Waals surface area contributed by atoms with Crippen LogP contribution in [-0.4, -0.2) is 57.1 Å². The van der Waals surface area contributed by atoms with Crippen LogP contribution in [0.3, 0.4) is 0 Å². The van der Waals surface area contributed by atoms with Gasteiger partial charge in [0.05, 0.1) is 23.5 Å². The van der Waals surface area contributed by atoms with Gasteiger partial charge in [-0.2, -0.15) is 8.78 Å². The predicted molar refractivity (Wildman–Crippen MR) is 121 cm³/mol. The molecule has 0 aliphatic carbocycles. The van der Waals surface area contributed by atoms with Gasteiger partial charge in [0.1, 0.15) is 0 Å². The zero-order valence-corrected chi connectivity index (χ0v) is 19.2. The standard InChI is InChI=1S/C21H23ClF2N6OS/c1-14-12-29(9-8-28(14)2)32-30(18-5-3-4-16(22)10-18)13-17-7-6-15(11-25-17)20-26-27-21(31-20)19(23)24/h3-7,10-11,14,19H,8-9,12-13H2,1-2H3. The van der Waals surface area contributed by atoms with E-state index < -0.39 is 12.3 Å². The summed E-state index contributed by atoms with van der Waals surface area (Å²) in [5, 5.41) is 7.69. The molecule has 1 unspecified atom stereocenters. The van der Waals surface area contributed by atoms with Crippen molar-refractivity contribution in [2.45, 2.75) is 25.9 Å². The number of aromatic nitrogens is 3. The van der Waals surface area contributed by atoms with Crippen molar-refractivity contribution in [3.05, 3.63) is 59.2 Å². The van der Waals surface area contributed by atoms with E-state index in [4.69, 9.17) is 16.0 Å². The maximum Gasteiger partial charge on any atom is 0.314 e. The third-order valence-corrected chi connectivity index (χ3v) is 6.57. The molecule has 1 aromatic carbocycles. The first-order valence-electron chi connectivity index (χ1n) is 10.1. The SMILES string of the molecule is CC1CN(SN(Cc2ccc(-c3nnc(C(F)F)o3)cn2)c2cccc(Cl)c2)CCN1C. The molecular weight excluding hydrogens is 458 g/mol. The van der Waals surface area contributed by atoms with Crippen LogP contribution in [-0.2, 0) is 6.54 Å². The molecule has 170 valence electrons. The van der Waals surface area contributed by atoms with Crippen LogP contribution in [0.4, 0.5) is 14.5 Å². The Labute approximate surface area is 194 Å². The van der Waals surface area contributed by atoms with Crippen molar-refractivity contribution < 1.29 is 13.2 Å². The first-order valence-corrected chi connectivity index (χ1v) is 11.2. The van der Waals surface area contributed by atoms with E-state index in [9.17, 15) is 8.78 Å². The van der Waals surface area contributed by atoms with Gasteiger partial charge in [-0.25, -0.2) is 4.31 Å². The molecule has 4 rings (SSSR count). The summed E-state index contributed by atoms with van der Waals surface area (Å²) in [5.74, 6) is -0.680. The second-order valence-corrected chi connectivity index (χ2v) is 9.16. The van der Waals surface area contributed by atoms with Crippen LogP contribution in [0.5, 0.6) is 0 Å². The highest BCUT2D eigenvalue weighted by Crippen LogP contribution is 2.31. The fourth-order valence-electron chi connectivity index (χ4n) is 3.26. The average molecular weight is 481 g/mol. The second kappa shape index (κ2) is 10.1. The number of rotatable bonds is 7. The van der Waals surface area contributed by atoms with Gasteiger partial charge < -0.3 is 9.32 Å². The lowest BCUT2D eigenvalue weighted by Gasteiger charge is -2.39. The minimum atomic E-state index is -2.80. The van der Waals surface area contributed by atoms with Crippen LogP contribution in [0.15, 0.2) is 47.0 Å². The molecule has 11 heteroatoms. The molecule has 0 N–H and O–H groups in total. The van der Waals surface area contributed by atoms with Crippen molar-refractivity contribution in [3.63, 3.8) is 0 Å². The monoisotopic (exact) mass is 480 g/mol. The van der Waals surface area contributed by atoms with E-state index in [2.05, 4.69) is 42.7 Å². The zero-order chi connectivity index (χ0) is 22.7. The summed E-state index contributed by atoms with van der Waals surface area (Å²) < 4.78 is 34.9.